The fourth-order valence-electron chi connectivity index (χ4n) is 4.43. The van der Waals surface area contributed by atoms with Crippen LogP contribution in [-0.2, 0) is 9.59 Å². The lowest BCUT2D eigenvalue weighted by atomic mass is 10.0. The third-order valence-corrected chi connectivity index (χ3v) is 9.27. The zero-order valence-electron chi connectivity index (χ0n) is 21.8. The molecule has 0 bridgehead atoms. The molecule has 0 aromatic rings. The van der Waals surface area contributed by atoms with Crippen molar-refractivity contribution in [2.45, 2.75) is 148 Å². The van der Waals surface area contributed by atoms with Gasteiger partial charge in [0.25, 0.3) is 0 Å². The molecule has 198 valence electrons. The number of hydrogen-bond acceptors (Lipinski definition) is 2. The Labute approximate surface area is 208 Å². The van der Waals surface area contributed by atoms with E-state index in [1.165, 1.54) is 122 Å². The Balaban J connectivity index is 3.34. The highest BCUT2D eigenvalue weighted by Gasteiger charge is 2.09. The zero-order valence-corrected chi connectivity index (χ0v) is 22.7. The molecule has 0 aliphatic heterocycles. The molecule has 4 nitrogen and oxygen atoms in total. The van der Waals surface area contributed by atoms with Crippen LogP contribution in [0.1, 0.15) is 148 Å². The molecule has 0 fully saturated rings. The van der Waals surface area contributed by atoms with E-state index in [1.54, 1.807) is 0 Å². The van der Waals surface area contributed by atoms with Crippen molar-refractivity contribution in [3.05, 3.63) is 0 Å². The van der Waals surface area contributed by atoms with Crippen molar-refractivity contribution < 1.29 is 19.8 Å². The monoisotopic (exact) mass is 488 g/mol. The van der Waals surface area contributed by atoms with Crippen molar-refractivity contribution in [2.75, 3.05) is 17.3 Å². The van der Waals surface area contributed by atoms with Crippen molar-refractivity contribution in [3.8, 4) is 0 Å². The smallest absolute Gasteiger partial charge is 0.304 e. The first-order valence-corrected chi connectivity index (χ1v) is 16.1. The molecule has 33 heavy (non-hydrogen) atoms. The molecule has 0 aromatic carbocycles. The molecule has 2 N–H and O–H groups in total. The molecule has 0 saturated heterocycles. The van der Waals surface area contributed by atoms with Gasteiger partial charge < -0.3 is 10.2 Å². The van der Waals surface area contributed by atoms with E-state index in [9.17, 15) is 9.59 Å². The summed E-state index contributed by atoms with van der Waals surface area (Å²) >= 11 is 0. The van der Waals surface area contributed by atoms with Gasteiger partial charge in [0, 0.05) is 0 Å². The number of carbonyl (C=O) groups is 2. The Bertz CT molecular complexity index is 424. The molecule has 0 rings (SSSR count). The summed E-state index contributed by atoms with van der Waals surface area (Å²) in [6.07, 6.45) is 27.9. The summed E-state index contributed by atoms with van der Waals surface area (Å²) in [5, 5.41) is 17.7. The topological polar surface area (TPSA) is 74.6 Å². The second kappa shape index (κ2) is 25.9. The second-order valence-electron chi connectivity index (χ2n) is 9.85. The number of carboxylic acids is 2. The molecule has 0 heterocycles. The highest BCUT2D eigenvalue weighted by atomic mass is 32.2. The molecule has 0 spiro atoms. The van der Waals surface area contributed by atoms with E-state index in [1.807, 2.05) is 0 Å². The highest BCUT2D eigenvalue weighted by molar-refractivity contribution is 8.17. The van der Waals surface area contributed by atoms with Crippen LogP contribution in [0.5, 0.6) is 0 Å². The lowest BCUT2D eigenvalue weighted by Gasteiger charge is -2.19. The largest absolute Gasteiger partial charge is 0.481 e. The van der Waals surface area contributed by atoms with E-state index in [0.717, 1.165) is 12.2 Å². The molecule has 0 amide bonds. The van der Waals surface area contributed by atoms with Crippen molar-refractivity contribution >= 4 is 22.8 Å². The molecule has 0 atom stereocenters. The van der Waals surface area contributed by atoms with Crippen LogP contribution >= 0.6 is 10.9 Å². The van der Waals surface area contributed by atoms with Crippen LogP contribution in [-0.4, -0.2) is 39.4 Å². The van der Waals surface area contributed by atoms with Gasteiger partial charge in [0.05, 0.1) is 12.8 Å². The lowest BCUT2D eigenvalue weighted by molar-refractivity contribution is -0.137. The lowest BCUT2D eigenvalue weighted by Crippen LogP contribution is -2.08. The average Bonchev–Trinajstić information content (AvgIpc) is 2.78. The average molecular weight is 489 g/mol. The summed E-state index contributed by atoms with van der Waals surface area (Å²) in [7, 11) is -0.433. The van der Waals surface area contributed by atoms with E-state index >= 15 is 0 Å². The van der Waals surface area contributed by atoms with Crippen LogP contribution < -0.4 is 0 Å². The van der Waals surface area contributed by atoms with Gasteiger partial charge in [-0.05, 0) is 23.7 Å². The maximum atomic E-state index is 10.8. The number of thiol groups is 1. The van der Waals surface area contributed by atoms with Crippen LogP contribution in [0.4, 0.5) is 0 Å². The summed E-state index contributed by atoms with van der Waals surface area (Å²) in [6, 6.07) is 0. The SMILES string of the molecule is CCCCCCCCCCCCCCCCCCCCCC[SH](CCC(=O)O)CCC(=O)O. The number of carboxylic acid groups (broad SMARTS) is 2. The van der Waals surface area contributed by atoms with Crippen molar-refractivity contribution in [1.29, 1.82) is 0 Å². The number of unbranched alkanes of at least 4 members (excludes halogenated alkanes) is 19. The third-order valence-electron chi connectivity index (χ3n) is 6.61. The Hall–Kier alpha value is -0.710. The summed E-state index contributed by atoms with van der Waals surface area (Å²) in [5.41, 5.74) is 0. The van der Waals surface area contributed by atoms with Crippen LogP contribution in [0.15, 0.2) is 0 Å². The fraction of sp³-hybridized carbons (Fsp3) is 0.929. The normalized spacial score (nSPS) is 11.6. The van der Waals surface area contributed by atoms with Crippen molar-refractivity contribution in [2.24, 2.45) is 0 Å². The van der Waals surface area contributed by atoms with E-state index in [2.05, 4.69) is 6.92 Å². The Kier molecular flexibility index (Phi) is 25.3. The molecule has 0 aliphatic carbocycles. The van der Waals surface area contributed by atoms with Crippen molar-refractivity contribution in [3.63, 3.8) is 0 Å². The minimum absolute atomic E-state index is 0.185. The van der Waals surface area contributed by atoms with Crippen LogP contribution in [0.3, 0.4) is 0 Å². The van der Waals surface area contributed by atoms with Crippen molar-refractivity contribution in [1.82, 2.24) is 0 Å². The first-order valence-electron chi connectivity index (χ1n) is 14.2. The standard InChI is InChI=1S/C28H56O4S/c1-2-3-4-5-6-7-8-9-10-11-12-13-14-15-16-17-18-19-20-21-24-33(25-22-27(29)30)26-23-28(31)32/h33H,2-26H2,1H3,(H,29,30)(H,31,32). The predicted molar refractivity (Wildman–Crippen MR) is 146 cm³/mol. The molecule has 0 saturated carbocycles. The second-order valence-corrected chi connectivity index (χ2v) is 12.5. The van der Waals surface area contributed by atoms with Gasteiger partial charge in [-0.15, -0.1) is 0 Å². The van der Waals surface area contributed by atoms with E-state index in [0.29, 0.717) is 11.5 Å². The predicted octanol–water partition coefficient (Wildman–Crippen LogP) is 8.76. The van der Waals surface area contributed by atoms with Crippen LogP contribution in [0.25, 0.3) is 0 Å². The molecule has 0 aliphatic rings. The van der Waals surface area contributed by atoms with Gasteiger partial charge in [-0.2, -0.15) is 0 Å². The summed E-state index contributed by atoms with van der Waals surface area (Å²) in [5.74, 6) is 0.867. The fourth-order valence-corrected chi connectivity index (χ4v) is 6.79. The van der Waals surface area contributed by atoms with Crippen LogP contribution in [0.2, 0.25) is 0 Å². The van der Waals surface area contributed by atoms with Gasteiger partial charge in [-0.1, -0.05) is 129 Å². The highest BCUT2D eigenvalue weighted by Crippen LogP contribution is 2.29. The van der Waals surface area contributed by atoms with Gasteiger partial charge in [0.2, 0.25) is 0 Å². The molecule has 0 aromatic heterocycles. The van der Waals surface area contributed by atoms with Gasteiger partial charge in [-0.3, -0.25) is 20.5 Å². The zero-order chi connectivity index (χ0) is 24.4. The number of rotatable bonds is 27. The van der Waals surface area contributed by atoms with Gasteiger partial charge in [0.15, 0.2) is 0 Å². The maximum Gasteiger partial charge on any atom is 0.304 e. The number of aliphatic carboxylic acids is 2. The van der Waals surface area contributed by atoms with E-state index in [-0.39, 0.29) is 12.8 Å². The molecule has 0 radical (unpaired) electrons. The maximum absolute atomic E-state index is 10.8. The quantitative estimate of drug-likeness (QED) is 0.0798. The van der Waals surface area contributed by atoms with Crippen LogP contribution in [0, 0.1) is 0 Å². The molecular weight excluding hydrogens is 432 g/mol. The Morgan fingerprint density at radius 3 is 1.00 bits per heavy atom. The Morgan fingerprint density at radius 2 is 0.727 bits per heavy atom. The third kappa shape index (κ3) is 27.4. The number of hydrogen-bond donors (Lipinski definition) is 3. The minimum atomic E-state index is -0.763. The molecule has 5 heteroatoms. The minimum Gasteiger partial charge on any atom is -0.481 e. The molecule has 0 unspecified atom stereocenters. The summed E-state index contributed by atoms with van der Waals surface area (Å²) < 4.78 is 0. The van der Waals surface area contributed by atoms with Gasteiger partial charge in [0.1, 0.15) is 0 Å². The van der Waals surface area contributed by atoms with Gasteiger partial charge in [-0.25, -0.2) is 0 Å². The molecular formula is C28H56O4S. The first kappa shape index (κ1) is 32.3. The first-order chi connectivity index (χ1) is 16.1. The van der Waals surface area contributed by atoms with Gasteiger partial charge >= 0.3 is 11.9 Å². The summed E-state index contributed by atoms with van der Waals surface area (Å²) in [6.45, 7) is 2.28. The summed E-state index contributed by atoms with van der Waals surface area (Å²) in [4.78, 5) is 21.6. The van der Waals surface area contributed by atoms with E-state index < -0.39 is 22.8 Å². The van der Waals surface area contributed by atoms with E-state index in [4.69, 9.17) is 10.2 Å². The Morgan fingerprint density at radius 1 is 0.455 bits per heavy atom.